The van der Waals surface area contributed by atoms with Crippen LogP contribution in [0.4, 0.5) is 0 Å². The molecule has 1 amide bonds. The van der Waals surface area contributed by atoms with Crippen LogP contribution in [0.25, 0.3) is 0 Å². The number of rotatable bonds is 7. The number of nitrogens with zero attached hydrogens (tertiary/aromatic N) is 2. The van der Waals surface area contributed by atoms with E-state index in [9.17, 15) is 4.79 Å². The van der Waals surface area contributed by atoms with Gasteiger partial charge in [0.2, 0.25) is 0 Å². The SMILES string of the molecule is C=CCOc1ccc(C(=O)N2CCCN(Cc3ccccc3)CC2)cc1OC. The highest BCUT2D eigenvalue weighted by atomic mass is 16.5. The van der Waals surface area contributed by atoms with Crippen LogP contribution < -0.4 is 9.47 Å². The average Bonchev–Trinajstić information content (AvgIpc) is 2.98. The summed E-state index contributed by atoms with van der Waals surface area (Å²) >= 11 is 0. The van der Waals surface area contributed by atoms with E-state index in [1.807, 2.05) is 11.0 Å². The van der Waals surface area contributed by atoms with Crippen LogP contribution in [0.2, 0.25) is 0 Å². The Labute approximate surface area is 167 Å². The molecular formula is C23H28N2O3. The van der Waals surface area contributed by atoms with Gasteiger partial charge in [0.1, 0.15) is 6.61 Å². The molecule has 1 aliphatic rings. The predicted octanol–water partition coefficient (Wildman–Crippen LogP) is 3.61. The second-order valence-corrected chi connectivity index (χ2v) is 6.87. The molecule has 5 nitrogen and oxygen atoms in total. The normalized spacial score (nSPS) is 15.0. The lowest BCUT2D eigenvalue weighted by molar-refractivity contribution is 0.0760. The van der Waals surface area contributed by atoms with Crippen LogP contribution in [0.5, 0.6) is 11.5 Å². The van der Waals surface area contributed by atoms with E-state index >= 15 is 0 Å². The van der Waals surface area contributed by atoms with Crippen molar-refractivity contribution in [2.45, 2.75) is 13.0 Å². The lowest BCUT2D eigenvalue weighted by atomic mass is 10.1. The maximum absolute atomic E-state index is 13.0. The topological polar surface area (TPSA) is 42.0 Å². The molecule has 0 bridgehead atoms. The van der Waals surface area contributed by atoms with Crippen molar-refractivity contribution in [3.63, 3.8) is 0 Å². The summed E-state index contributed by atoms with van der Waals surface area (Å²) < 4.78 is 11.0. The fourth-order valence-corrected chi connectivity index (χ4v) is 3.42. The van der Waals surface area contributed by atoms with Gasteiger partial charge in [-0.3, -0.25) is 9.69 Å². The highest BCUT2D eigenvalue weighted by Gasteiger charge is 2.21. The predicted molar refractivity (Wildman–Crippen MR) is 111 cm³/mol. The standard InChI is InChI=1S/C23H28N2O3/c1-3-16-28-21-11-10-20(17-22(21)27-2)23(26)25-13-7-12-24(14-15-25)18-19-8-5-4-6-9-19/h3-6,8-11,17H,1,7,12-16,18H2,2H3. The van der Waals surface area contributed by atoms with Crippen LogP contribution in [-0.2, 0) is 6.54 Å². The number of hydrogen-bond donors (Lipinski definition) is 0. The summed E-state index contributed by atoms with van der Waals surface area (Å²) in [4.78, 5) is 17.4. The molecule has 148 valence electrons. The van der Waals surface area contributed by atoms with Gasteiger partial charge in [-0.1, -0.05) is 43.0 Å². The lowest BCUT2D eigenvalue weighted by Gasteiger charge is -2.22. The molecular weight excluding hydrogens is 352 g/mol. The minimum atomic E-state index is 0.0372. The van der Waals surface area contributed by atoms with Gasteiger partial charge in [0.05, 0.1) is 7.11 Å². The molecule has 0 aromatic heterocycles. The molecule has 3 rings (SSSR count). The molecule has 2 aromatic rings. The molecule has 0 radical (unpaired) electrons. The molecule has 1 fully saturated rings. The Kier molecular flexibility index (Phi) is 7.09. The quantitative estimate of drug-likeness (QED) is 0.688. The molecule has 0 aliphatic carbocycles. The first kappa shape index (κ1) is 20.0. The molecule has 0 atom stereocenters. The van der Waals surface area contributed by atoms with Crippen LogP contribution >= 0.6 is 0 Å². The van der Waals surface area contributed by atoms with E-state index in [0.717, 1.165) is 39.1 Å². The monoisotopic (exact) mass is 380 g/mol. The fraction of sp³-hybridized carbons (Fsp3) is 0.348. The first-order chi connectivity index (χ1) is 13.7. The second-order valence-electron chi connectivity index (χ2n) is 6.87. The van der Waals surface area contributed by atoms with Crippen molar-refractivity contribution in [3.8, 4) is 11.5 Å². The van der Waals surface area contributed by atoms with E-state index in [2.05, 4.69) is 35.7 Å². The number of carbonyl (C=O) groups is 1. The van der Waals surface area contributed by atoms with E-state index in [1.54, 1.807) is 31.4 Å². The number of methoxy groups -OCH3 is 1. The average molecular weight is 380 g/mol. The van der Waals surface area contributed by atoms with Crippen LogP contribution in [0.1, 0.15) is 22.3 Å². The number of carbonyl (C=O) groups excluding carboxylic acids is 1. The van der Waals surface area contributed by atoms with Crippen molar-refractivity contribution in [1.29, 1.82) is 0 Å². The van der Waals surface area contributed by atoms with E-state index in [4.69, 9.17) is 9.47 Å². The van der Waals surface area contributed by atoms with Crippen LogP contribution in [-0.4, -0.2) is 55.6 Å². The largest absolute Gasteiger partial charge is 0.493 e. The third-order valence-electron chi connectivity index (χ3n) is 4.89. The van der Waals surface area contributed by atoms with Gasteiger partial charge in [-0.15, -0.1) is 0 Å². The van der Waals surface area contributed by atoms with Crippen molar-refractivity contribution < 1.29 is 14.3 Å². The Bertz CT molecular complexity index is 792. The highest BCUT2D eigenvalue weighted by molar-refractivity contribution is 5.95. The minimum Gasteiger partial charge on any atom is -0.493 e. The Morgan fingerprint density at radius 2 is 1.89 bits per heavy atom. The summed E-state index contributed by atoms with van der Waals surface area (Å²) in [5, 5.41) is 0. The van der Waals surface area contributed by atoms with Crippen molar-refractivity contribution in [2.24, 2.45) is 0 Å². The summed E-state index contributed by atoms with van der Waals surface area (Å²) in [5.74, 6) is 1.22. The fourth-order valence-electron chi connectivity index (χ4n) is 3.42. The molecule has 2 aromatic carbocycles. The second kappa shape index (κ2) is 9.95. The van der Waals surface area contributed by atoms with Crippen LogP contribution in [0, 0.1) is 0 Å². The maximum atomic E-state index is 13.0. The Morgan fingerprint density at radius 3 is 2.64 bits per heavy atom. The van der Waals surface area contributed by atoms with Crippen molar-refractivity contribution in [3.05, 3.63) is 72.3 Å². The van der Waals surface area contributed by atoms with Gasteiger partial charge in [0, 0.05) is 38.3 Å². The van der Waals surface area contributed by atoms with E-state index in [-0.39, 0.29) is 5.91 Å². The zero-order chi connectivity index (χ0) is 19.8. The van der Waals surface area contributed by atoms with Crippen LogP contribution in [0.3, 0.4) is 0 Å². The van der Waals surface area contributed by atoms with Gasteiger partial charge < -0.3 is 14.4 Å². The summed E-state index contributed by atoms with van der Waals surface area (Å²) in [5.41, 5.74) is 1.93. The lowest BCUT2D eigenvalue weighted by Crippen LogP contribution is -2.35. The third-order valence-corrected chi connectivity index (χ3v) is 4.89. The molecule has 0 saturated carbocycles. The van der Waals surface area contributed by atoms with Gasteiger partial charge in [-0.2, -0.15) is 0 Å². The molecule has 0 spiro atoms. The summed E-state index contributed by atoms with van der Waals surface area (Å²) in [7, 11) is 1.58. The minimum absolute atomic E-state index is 0.0372. The summed E-state index contributed by atoms with van der Waals surface area (Å²) in [6, 6.07) is 15.8. The zero-order valence-electron chi connectivity index (χ0n) is 16.5. The van der Waals surface area contributed by atoms with Gasteiger partial charge in [-0.25, -0.2) is 0 Å². The van der Waals surface area contributed by atoms with E-state index in [1.165, 1.54) is 5.56 Å². The smallest absolute Gasteiger partial charge is 0.254 e. The molecule has 28 heavy (non-hydrogen) atoms. The van der Waals surface area contributed by atoms with Crippen molar-refractivity contribution in [1.82, 2.24) is 9.80 Å². The number of amides is 1. The molecule has 1 heterocycles. The first-order valence-electron chi connectivity index (χ1n) is 9.68. The third kappa shape index (κ3) is 5.14. The summed E-state index contributed by atoms with van der Waals surface area (Å²) in [6.45, 7) is 8.33. The van der Waals surface area contributed by atoms with Crippen LogP contribution in [0.15, 0.2) is 61.2 Å². The number of benzene rings is 2. The van der Waals surface area contributed by atoms with E-state index in [0.29, 0.717) is 23.7 Å². The number of hydrogen-bond acceptors (Lipinski definition) is 4. The molecule has 1 aliphatic heterocycles. The van der Waals surface area contributed by atoms with Gasteiger partial charge in [0.25, 0.3) is 5.91 Å². The zero-order valence-corrected chi connectivity index (χ0v) is 16.5. The Balaban J connectivity index is 1.63. The van der Waals surface area contributed by atoms with Crippen molar-refractivity contribution >= 4 is 5.91 Å². The van der Waals surface area contributed by atoms with Crippen molar-refractivity contribution in [2.75, 3.05) is 39.9 Å². The summed E-state index contributed by atoms with van der Waals surface area (Å²) in [6.07, 6.45) is 2.65. The first-order valence-corrected chi connectivity index (χ1v) is 9.68. The van der Waals surface area contributed by atoms with Gasteiger partial charge in [0.15, 0.2) is 11.5 Å². The van der Waals surface area contributed by atoms with Gasteiger partial charge in [-0.05, 0) is 30.2 Å². The molecule has 5 heteroatoms. The Morgan fingerprint density at radius 1 is 1.07 bits per heavy atom. The van der Waals surface area contributed by atoms with Gasteiger partial charge >= 0.3 is 0 Å². The van der Waals surface area contributed by atoms with E-state index < -0.39 is 0 Å². The molecule has 1 saturated heterocycles. The maximum Gasteiger partial charge on any atom is 0.254 e. The Hall–Kier alpha value is -2.79. The number of ether oxygens (including phenoxy) is 2. The highest BCUT2D eigenvalue weighted by Crippen LogP contribution is 2.28. The molecule has 0 N–H and O–H groups in total. The molecule has 0 unspecified atom stereocenters.